The lowest BCUT2D eigenvalue weighted by molar-refractivity contribution is -0.139. The molecule has 3 aromatic rings. The Labute approximate surface area is 225 Å². The molecule has 0 aliphatic carbocycles. The van der Waals surface area contributed by atoms with E-state index in [9.17, 15) is 14.7 Å². The van der Waals surface area contributed by atoms with Crippen LogP contribution in [0.4, 0.5) is 0 Å². The van der Waals surface area contributed by atoms with Crippen molar-refractivity contribution in [3.05, 3.63) is 102 Å². The topological polar surface area (TPSA) is 90.1 Å². The number of carbonyl (C=O) groups is 1. The number of fused-ring (bicyclic) bond motifs is 1. The van der Waals surface area contributed by atoms with Crippen LogP contribution in [0.1, 0.15) is 61.9 Å². The predicted octanol–water partition coefficient (Wildman–Crippen LogP) is 4.36. The molecule has 0 amide bonds. The Kier molecular flexibility index (Phi) is 8.02. The quantitative estimate of drug-likeness (QED) is 0.344. The van der Waals surface area contributed by atoms with Crippen LogP contribution in [0.5, 0.6) is 11.5 Å². The van der Waals surface area contributed by atoms with Crippen molar-refractivity contribution in [3.8, 4) is 11.5 Å². The molecule has 1 atom stereocenters. The predicted molar refractivity (Wildman–Crippen MR) is 149 cm³/mol. The number of phenols is 1. The highest BCUT2D eigenvalue weighted by molar-refractivity contribution is 7.07. The van der Waals surface area contributed by atoms with Crippen molar-refractivity contribution >= 4 is 23.4 Å². The van der Waals surface area contributed by atoms with Gasteiger partial charge in [-0.2, -0.15) is 0 Å². The first-order chi connectivity index (χ1) is 18.2. The Morgan fingerprint density at radius 2 is 1.97 bits per heavy atom. The number of thiazole rings is 1. The number of phenolic OH excluding ortho intramolecular Hbond substituents is 1. The van der Waals surface area contributed by atoms with Crippen molar-refractivity contribution in [1.29, 1.82) is 0 Å². The van der Waals surface area contributed by atoms with Gasteiger partial charge in [-0.15, -0.1) is 6.58 Å². The monoisotopic (exact) mass is 532 g/mol. The van der Waals surface area contributed by atoms with Crippen LogP contribution in [0.2, 0.25) is 0 Å². The summed E-state index contributed by atoms with van der Waals surface area (Å²) in [6.07, 6.45) is 3.89. The fourth-order valence-electron chi connectivity index (χ4n) is 4.56. The van der Waals surface area contributed by atoms with Crippen molar-refractivity contribution in [1.82, 2.24) is 4.57 Å². The Bertz CT molecular complexity index is 1590. The summed E-state index contributed by atoms with van der Waals surface area (Å²) >= 11 is 1.25. The minimum atomic E-state index is -0.667. The fourth-order valence-corrected chi connectivity index (χ4v) is 5.61. The number of rotatable bonds is 8. The summed E-state index contributed by atoms with van der Waals surface area (Å²) in [5, 5.41) is 10.5. The van der Waals surface area contributed by atoms with Gasteiger partial charge in [-0.3, -0.25) is 9.36 Å². The van der Waals surface area contributed by atoms with Crippen LogP contribution < -0.4 is 19.6 Å². The third-order valence-electron chi connectivity index (χ3n) is 6.49. The molecule has 1 aromatic heterocycles. The maximum Gasteiger partial charge on any atom is 0.338 e. The highest BCUT2D eigenvalue weighted by Crippen LogP contribution is 2.33. The van der Waals surface area contributed by atoms with Crippen LogP contribution in [0.25, 0.3) is 6.08 Å². The molecule has 0 fully saturated rings. The minimum absolute atomic E-state index is 0.0468. The van der Waals surface area contributed by atoms with Gasteiger partial charge in [0.05, 0.1) is 35.6 Å². The molecule has 1 aliphatic rings. The second-order valence-corrected chi connectivity index (χ2v) is 10.4. The first-order valence-corrected chi connectivity index (χ1v) is 13.3. The maximum absolute atomic E-state index is 13.9. The lowest BCUT2D eigenvalue weighted by Gasteiger charge is -2.25. The van der Waals surface area contributed by atoms with E-state index in [2.05, 4.69) is 25.4 Å². The van der Waals surface area contributed by atoms with E-state index >= 15 is 0 Å². The van der Waals surface area contributed by atoms with Crippen LogP contribution >= 0.6 is 11.3 Å². The molecule has 0 bridgehead atoms. The number of carbonyl (C=O) groups excluding carboxylic acids is 1. The zero-order chi connectivity index (χ0) is 27.6. The first kappa shape index (κ1) is 27.1. The summed E-state index contributed by atoms with van der Waals surface area (Å²) in [6, 6.07) is 10.8. The number of aromatic hydroxyl groups is 1. The number of ether oxygens (including phenoxy) is 2. The van der Waals surface area contributed by atoms with Gasteiger partial charge in [-0.05, 0) is 61.1 Å². The van der Waals surface area contributed by atoms with Gasteiger partial charge in [0.2, 0.25) is 0 Å². The molecule has 8 heteroatoms. The molecule has 7 nitrogen and oxygen atoms in total. The molecule has 0 saturated heterocycles. The highest BCUT2D eigenvalue weighted by Gasteiger charge is 2.33. The molecule has 38 heavy (non-hydrogen) atoms. The van der Waals surface area contributed by atoms with E-state index in [0.717, 1.165) is 11.1 Å². The van der Waals surface area contributed by atoms with E-state index in [1.54, 1.807) is 42.7 Å². The van der Waals surface area contributed by atoms with Crippen molar-refractivity contribution in [2.45, 2.75) is 46.1 Å². The average molecular weight is 533 g/mol. The van der Waals surface area contributed by atoms with Crippen LogP contribution in [-0.4, -0.2) is 29.4 Å². The zero-order valence-corrected chi connectivity index (χ0v) is 23.1. The van der Waals surface area contributed by atoms with Crippen molar-refractivity contribution in [2.24, 2.45) is 4.99 Å². The summed E-state index contributed by atoms with van der Waals surface area (Å²) in [5.74, 6) is 0.219. The lowest BCUT2D eigenvalue weighted by Crippen LogP contribution is -2.39. The number of aromatic nitrogens is 1. The van der Waals surface area contributed by atoms with E-state index in [1.807, 2.05) is 24.3 Å². The van der Waals surface area contributed by atoms with Crippen molar-refractivity contribution < 1.29 is 19.4 Å². The van der Waals surface area contributed by atoms with Crippen molar-refractivity contribution in [3.63, 3.8) is 0 Å². The Hall–Kier alpha value is -3.91. The second kappa shape index (κ2) is 11.2. The van der Waals surface area contributed by atoms with Crippen LogP contribution in [0.3, 0.4) is 0 Å². The number of hydrogen-bond acceptors (Lipinski definition) is 7. The largest absolute Gasteiger partial charge is 0.504 e. The maximum atomic E-state index is 13.9. The number of methoxy groups -OCH3 is 1. The van der Waals surface area contributed by atoms with E-state index in [0.29, 0.717) is 49.8 Å². The minimum Gasteiger partial charge on any atom is -0.504 e. The fraction of sp³-hybridized carbons (Fsp3) is 0.300. The van der Waals surface area contributed by atoms with Gasteiger partial charge >= 0.3 is 5.97 Å². The Morgan fingerprint density at radius 1 is 1.26 bits per heavy atom. The summed E-state index contributed by atoms with van der Waals surface area (Å²) in [6.45, 7) is 11.7. The number of hydrogen-bond donors (Lipinski definition) is 1. The van der Waals surface area contributed by atoms with Crippen LogP contribution in [-0.2, 0) is 16.0 Å². The molecule has 0 unspecified atom stereocenters. The van der Waals surface area contributed by atoms with Gasteiger partial charge in [0, 0.05) is 5.56 Å². The highest BCUT2D eigenvalue weighted by atomic mass is 32.1. The van der Waals surface area contributed by atoms with E-state index in [-0.39, 0.29) is 17.9 Å². The van der Waals surface area contributed by atoms with Gasteiger partial charge in [-0.25, -0.2) is 9.79 Å². The SMILES string of the molecule is C=CCc1cc(/C=c2/sc3n(c2=O)[C@@H](c2ccc(C(C)C)cc2)C(C(=O)OCC)=C(C)N=3)cc(OC)c1O. The number of nitrogens with zero attached hydrogens (tertiary/aromatic N) is 2. The summed E-state index contributed by atoms with van der Waals surface area (Å²) < 4.78 is 12.7. The van der Waals surface area contributed by atoms with E-state index in [4.69, 9.17) is 9.47 Å². The molecule has 1 aliphatic heterocycles. The van der Waals surface area contributed by atoms with Gasteiger partial charge in [-0.1, -0.05) is 55.5 Å². The lowest BCUT2D eigenvalue weighted by atomic mass is 9.93. The van der Waals surface area contributed by atoms with E-state index < -0.39 is 12.0 Å². The third-order valence-corrected chi connectivity index (χ3v) is 7.48. The van der Waals surface area contributed by atoms with Gasteiger partial charge in [0.15, 0.2) is 16.3 Å². The Balaban J connectivity index is 1.93. The first-order valence-electron chi connectivity index (χ1n) is 12.5. The molecule has 0 radical (unpaired) electrons. The summed E-state index contributed by atoms with van der Waals surface area (Å²) in [5.41, 5.74) is 3.91. The Morgan fingerprint density at radius 3 is 2.58 bits per heavy atom. The summed E-state index contributed by atoms with van der Waals surface area (Å²) in [4.78, 5) is 32.1. The molecule has 4 rings (SSSR count). The molecule has 2 heterocycles. The van der Waals surface area contributed by atoms with Gasteiger partial charge in [0.1, 0.15) is 0 Å². The number of benzene rings is 2. The molecule has 0 saturated carbocycles. The molecular formula is C30H32N2O5S. The average Bonchev–Trinajstić information content (AvgIpc) is 3.19. The molecule has 198 valence electrons. The smallest absolute Gasteiger partial charge is 0.338 e. The van der Waals surface area contributed by atoms with Crippen molar-refractivity contribution in [2.75, 3.05) is 13.7 Å². The third kappa shape index (κ3) is 5.09. The standard InChI is InChI=1S/C30H32N2O5S/c1-7-9-22-14-19(15-23(36-6)27(22)33)16-24-28(34)32-26(21-12-10-20(11-13-21)17(3)4)25(29(35)37-8-2)18(5)31-30(32)38-24/h7,10-17,26,33H,1,8-9H2,2-6H3/b24-16+/t26-/m0/s1. The van der Waals surface area contributed by atoms with E-state index in [1.165, 1.54) is 18.4 Å². The van der Waals surface area contributed by atoms with Crippen LogP contribution in [0.15, 0.2) is 70.1 Å². The molecule has 2 aromatic carbocycles. The second-order valence-electron chi connectivity index (χ2n) is 9.35. The molecular weight excluding hydrogens is 500 g/mol. The van der Waals surface area contributed by atoms with Crippen LogP contribution in [0, 0.1) is 0 Å². The number of esters is 1. The molecule has 1 N–H and O–H groups in total. The normalized spacial score (nSPS) is 15.3. The molecule has 0 spiro atoms. The summed E-state index contributed by atoms with van der Waals surface area (Å²) in [7, 11) is 1.48. The van der Waals surface area contributed by atoms with Gasteiger partial charge < -0.3 is 14.6 Å². The zero-order valence-electron chi connectivity index (χ0n) is 22.3. The number of allylic oxidation sites excluding steroid dienone is 2. The van der Waals surface area contributed by atoms with Gasteiger partial charge in [0.25, 0.3) is 5.56 Å².